The minimum atomic E-state index is 0. The average molecular weight is 769 g/mol. The van der Waals surface area contributed by atoms with Gasteiger partial charge < -0.3 is 24.8 Å². The number of benzene rings is 4. The topological polar surface area (TPSA) is 0 Å². The number of hydrogen-bond acceptors (Lipinski definition) is 0. The average Bonchev–Trinajstić information content (AvgIpc) is 3.71. The van der Waals surface area contributed by atoms with Crippen LogP contribution in [0, 0.1) is 25.3 Å². The standard InChI is InChI=1S/C18H31.C15H13.C13H10.2ClH.Zr/c1-18(2,3)16-12-8-6-4-5-7-9-13-17-14-10-11-15-17;1-10-3-5-14-12(7-10)9-13-8-11(2)4-6-15(13)14;1-3-7-12(8-4-1)11-13-9-5-2-6-10-13;;;/h14-15H,4-10,12-13,16H2,1-3H3;3-9H,1-2H3;1-10H;2*1H;/q2*-1;;;;+2/p-2. The van der Waals surface area contributed by atoms with E-state index in [0.29, 0.717) is 5.41 Å². The summed E-state index contributed by atoms with van der Waals surface area (Å²) in [5.74, 6) is 0. The van der Waals surface area contributed by atoms with E-state index >= 15 is 0 Å². The maximum atomic E-state index is 3.24. The van der Waals surface area contributed by atoms with Crippen molar-refractivity contribution < 1.29 is 49.0 Å². The molecule has 0 spiro atoms. The quantitative estimate of drug-likeness (QED) is 0.0974. The van der Waals surface area contributed by atoms with E-state index in [9.17, 15) is 0 Å². The van der Waals surface area contributed by atoms with Crippen LogP contribution in [0.1, 0.15) is 107 Å². The zero-order valence-electron chi connectivity index (χ0n) is 30.3. The Bertz CT molecular complexity index is 1640. The summed E-state index contributed by atoms with van der Waals surface area (Å²) in [7, 11) is 0. The van der Waals surface area contributed by atoms with E-state index in [1.165, 1.54) is 135 Å². The van der Waals surface area contributed by atoms with Gasteiger partial charge in [-0.3, -0.25) is 6.08 Å². The van der Waals surface area contributed by atoms with Gasteiger partial charge in [-0.2, -0.15) is 6.08 Å². The molecule has 1 aliphatic carbocycles. The molecule has 6 rings (SSSR count). The zero-order valence-corrected chi connectivity index (χ0v) is 34.3. The van der Waals surface area contributed by atoms with Gasteiger partial charge in [0.25, 0.3) is 0 Å². The van der Waals surface area contributed by atoms with Crippen molar-refractivity contribution in [3.8, 4) is 0 Å². The molecule has 0 saturated carbocycles. The molecule has 0 unspecified atom stereocenters. The Kier molecular flexibility index (Phi) is 19.5. The number of rotatable bonds is 11. The second kappa shape index (κ2) is 22.4. The van der Waals surface area contributed by atoms with Gasteiger partial charge in [0.1, 0.15) is 0 Å². The van der Waals surface area contributed by atoms with Crippen LogP contribution in [0.2, 0.25) is 0 Å². The van der Waals surface area contributed by atoms with Gasteiger partial charge in [0, 0.05) is 0 Å². The predicted octanol–water partition coefficient (Wildman–Crippen LogP) is 7.37. The molecule has 0 atom stereocenters. The molecule has 49 heavy (non-hydrogen) atoms. The van der Waals surface area contributed by atoms with Crippen LogP contribution in [-0.4, -0.2) is 3.21 Å². The Labute approximate surface area is 325 Å². The molecule has 5 aromatic rings. The summed E-state index contributed by atoms with van der Waals surface area (Å²) in [6, 6.07) is 36.7. The van der Waals surface area contributed by atoms with E-state index in [1.54, 1.807) is 0 Å². The second-order valence-electron chi connectivity index (χ2n) is 14.3. The van der Waals surface area contributed by atoms with Crippen molar-refractivity contribution in [1.29, 1.82) is 0 Å². The Hall–Kier alpha value is -2.44. The first-order chi connectivity index (χ1) is 22.7. The molecule has 0 amide bonds. The number of fused-ring (bicyclic) bond motifs is 3. The summed E-state index contributed by atoms with van der Waals surface area (Å²) in [6.45, 7) is 11.3. The molecule has 0 saturated heterocycles. The summed E-state index contributed by atoms with van der Waals surface area (Å²) in [5, 5.41) is 5.46. The monoisotopic (exact) mass is 766 g/mol. The summed E-state index contributed by atoms with van der Waals surface area (Å²) >= 11 is 1.46. The Balaban J connectivity index is 0.000000252. The molecule has 1 aliphatic rings. The third kappa shape index (κ3) is 15.1. The fraction of sp³-hybridized carbons (Fsp3) is 0.348. The van der Waals surface area contributed by atoms with Crippen molar-refractivity contribution in [2.75, 3.05) is 0 Å². The summed E-state index contributed by atoms with van der Waals surface area (Å²) in [6.07, 6.45) is 21.3. The first kappa shape index (κ1) is 42.7. The van der Waals surface area contributed by atoms with Gasteiger partial charge in [-0.25, -0.2) is 11.6 Å². The first-order valence-corrected chi connectivity index (χ1v) is 18.9. The predicted molar refractivity (Wildman–Crippen MR) is 204 cm³/mol. The number of halogens is 2. The second-order valence-corrected chi connectivity index (χ2v) is 15.5. The van der Waals surface area contributed by atoms with Gasteiger partial charge in [-0.1, -0.05) is 108 Å². The molecule has 258 valence electrons. The van der Waals surface area contributed by atoms with Gasteiger partial charge in [0.15, 0.2) is 0 Å². The molecule has 0 N–H and O–H groups in total. The maximum absolute atomic E-state index is 3.24. The van der Waals surface area contributed by atoms with E-state index in [4.69, 9.17) is 0 Å². The molecule has 0 radical (unpaired) electrons. The van der Waals surface area contributed by atoms with E-state index in [-0.39, 0.29) is 24.8 Å². The SMILES string of the molecule is CC(C)(C)CCCCCCCCCC1=CC[C-]=C1.Cc1ccc2c(c1)[cH-]c1cc(C)ccc12.[Cl-].[Cl-].[Zr+2]=[C](c1ccccc1)c1ccccc1. The van der Waals surface area contributed by atoms with Crippen LogP contribution in [0.5, 0.6) is 0 Å². The van der Waals surface area contributed by atoms with E-state index in [0.717, 1.165) is 6.42 Å². The number of unbranched alkanes of at least 4 members (excludes halogenated alkanes) is 6. The molecule has 0 aromatic heterocycles. The molecular weight excluding hydrogens is 715 g/mol. The first-order valence-electron chi connectivity index (χ1n) is 17.7. The van der Waals surface area contributed by atoms with Crippen molar-refractivity contribution in [1.82, 2.24) is 0 Å². The van der Waals surface area contributed by atoms with Crippen molar-refractivity contribution >= 4 is 24.8 Å². The summed E-state index contributed by atoms with van der Waals surface area (Å²) < 4.78 is 1.42. The molecule has 0 aliphatic heterocycles. The fourth-order valence-electron chi connectivity index (χ4n) is 6.12. The molecular formula is C46H54Cl2Zr-2. The van der Waals surface area contributed by atoms with Crippen molar-refractivity contribution in [2.45, 2.75) is 98.8 Å². The van der Waals surface area contributed by atoms with E-state index in [1.807, 2.05) is 0 Å². The van der Waals surface area contributed by atoms with Crippen LogP contribution in [0.15, 0.2) is 121 Å². The van der Waals surface area contributed by atoms with Gasteiger partial charge in [-0.05, 0) is 25.7 Å². The van der Waals surface area contributed by atoms with E-state index in [2.05, 4.69) is 156 Å². The third-order valence-corrected chi connectivity index (χ3v) is 10.2. The third-order valence-electron chi connectivity index (χ3n) is 8.80. The normalized spacial score (nSPS) is 11.9. The molecule has 0 nitrogen and oxygen atoms in total. The Morgan fingerprint density at radius 2 is 1.12 bits per heavy atom. The van der Waals surface area contributed by atoms with E-state index < -0.39 is 0 Å². The Morgan fingerprint density at radius 1 is 0.653 bits per heavy atom. The Morgan fingerprint density at radius 3 is 1.57 bits per heavy atom. The number of aryl methyl sites for hydroxylation is 2. The molecule has 0 bridgehead atoms. The van der Waals surface area contributed by atoms with Crippen LogP contribution in [0.4, 0.5) is 0 Å². The van der Waals surface area contributed by atoms with Crippen molar-refractivity contribution in [2.24, 2.45) is 5.41 Å². The van der Waals surface area contributed by atoms with Gasteiger partial charge in [0.2, 0.25) is 0 Å². The summed E-state index contributed by atoms with van der Waals surface area (Å²) in [5.41, 5.74) is 7.36. The molecule has 3 heteroatoms. The minimum absolute atomic E-state index is 0. The van der Waals surface area contributed by atoms with Crippen LogP contribution >= 0.6 is 0 Å². The molecule has 0 fully saturated rings. The van der Waals surface area contributed by atoms with Crippen LogP contribution in [-0.2, 0) is 24.2 Å². The molecule has 5 aromatic carbocycles. The van der Waals surface area contributed by atoms with Gasteiger partial charge >= 0.3 is 99.2 Å². The molecule has 0 heterocycles. The van der Waals surface area contributed by atoms with Gasteiger partial charge in [-0.15, -0.1) is 46.2 Å². The van der Waals surface area contributed by atoms with Gasteiger partial charge in [0.05, 0.1) is 0 Å². The zero-order chi connectivity index (χ0) is 33.5. The fourth-order valence-corrected chi connectivity index (χ4v) is 6.94. The summed E-state index contributed by atoms with van der Waals surface area (Å²) in [4.78, 5) is 0. The van der Waals surface area contributed by atoms with Crippen LogP contribution in [0.3, 0.4) is 0 Å². The number of allylic oxidation sites excluding steroid dienone is 4. The van der Waals surface area contributed by atoms with Crippen LogP contribution < -0.4 is 24.8 Å². The van der Waals surface area contributed by atoms with Crippen molar-refractivity contribution in [3.05, 3.63) is 149 Å². The number of hydrogen-bond donors (Lipinski definition) is 0. The van der Waals surface area contributed by atoms with Crippen LogP contribution in [0.25, 0.3) is 21.5 Å². The van der Waals surface area contributed by atoms with Crippen molar-refractivity contribution in [3.63, 3.8) is 0 Å².